The van der Waals surface area contributed by atoms with E-state index in [1.165, 1.54) is 6.33 Å². The minimum absolute atomic E-state index is 0.353. The fourth-order valence-corrected chi connectivity index (χ4v) is 2.36. The first-order valence-corrected chi connectivity index (χ1v) is 6.13. The molecule has 3 rings (SSSR count). The Morgan fingerprint density at radius 3 is 3.17 bits per heavy atom. The van der Waals surface area contributed by atoms with E-state index in [9.17, 15) is 4.79 Å². The van der Waals surface area contributed by atoms with E-state index in [0.717, 1.165) is 43.4 Å². The van der Waals surface area contributed by atoms with Crippen LogP contribution in [0.1, 0.15) is 23.2 Å². The number of aromatic amines is 1. The smallest absolute Gasteiger partial charge is 0.152 e. The predicted molar refractivity (Wildman–Crippen MR) is 68.8 cm³/mol. The maximum absolute atomic E-state index is 11.0. The number of hydrogen-bond acceptors (Lipinski definition) is 5. The van der Waals surface area contributed by atoms with Gasteiger partial charge in [0.25, 0.3) is 0 Å². The van der Waals surface area contributed by atoms with Crippen molar-refractivity contribution in [3.8, 4) is 0 Å². The quantitative estimate of drug-likeness (QED) is 0.701. The zero-order valence-electron chi connectivity index (χ0n) is 9.94. The molecule has 2 aromatic rings. The van der Waals surface area contributed by atoms with Crippen LogP contribution in [0.5, 0.6) is 0 Å². The summed E-state index contributed by atoms with van der Waals surface area (Å²) in [5.74, 6) is 0.733. The molecular formula is C12H15N5O. The second kappa shape index (κ2) is 4.73. The molecule has 0 amide bonds. The summed E-state index contributed by atoms with van der Waals surface area (Å²) in [6, 6.07) is 0.353. The molecule has 2 aromatic heterocycles. The van der Waals surface area contributed by atoms with E-state index in [-0.39, 0.29) is 0 Å². The molecule has 18 heavy (non-hydrogen) atoms. The Kier molecular flexibility index (Phi) is 2.93. The summed E-state index contributed by atoms with van der Waals surface area (Å²) in [7, 11) is 0. The Hall–Kier alpha value is -1.95. The highest BCUT2D eigenvalue weighted by molar-refractivity contribution is 6.01. The fraction of sp³-hybridized carbons (Fsp3) is 0.417. The zero-order chi connectivity index (χ0) is 12.4. The molecule has 0 saturated carbocycles. The molecule has 0 aliphatic carbocycles. The molecule has 0 spiro atoms. The van der Waals surface area contributed by atoms with E-state index in [2.05, 4.69) is 25.6 Å². The topological polar surface area (TPSA) is 82.7 Å². The van der Waals surface area contributed by atoms with Gasteiger partial charge in [0.15, 0.2) is 6.29 Å². The highest BCUT2D eigenvalue weighted by Crippen LogP contribution is 2.23. The summed E-state index contributed by atoms with van der Waals surface area (Å²) in [5, 5.41) is 7.51. The minimum Gasteiger partial charge on any atom is -0.365 e. The number of carbonyl (C=O) groups is 1. The van der Waals surface area contributed by atoms with E-state index in [1.807, 2.05) is 0 Å². The summed E-state index contributed by atoms with van der Waals surface area (Å²) >= 11 is 0. The highest BCUT2D eigenvalue weighted by atomic mass is 16.1. The number of anilines is 1. The minimum atomic E-state index is 0.353. The molecule has 6 heteroatoms. The lowest BCUT2D eigenvalue weighted by Crippen LogP contribution is -2.38. The number of carbonyl (C=O) groups excluding carboxylic acids is 1. The fourth-order valence-electron chi connectivity index (χ4n) is 2.36. The molecular weight excluding hydrogens is 230 g/mol. The summed E-state index contributed by atoms with van der Waals surface area (Å²) < 4.78 is 0. The van der Waals surface area contributed by atoms with E-state index in [4.69, 9.17) is 0 Å². The monoisotopic (exact) mass is 245 g/mol. The summed E-state index contributed by atoms with van der Waals surface area (Å²) in [5.41, 5.74) is 1.29. The maximum Gasteiger partial charge on any atom is 0.152 e. The third kappa shape index (κ3) is 1.95. The number of rotatable bonds is 3. The molecule has 0 bridgehead atoms. The molecule has 1 aliphatic heterocycles. The van der Waals surface area contributed by atoms with Crippen molar-refractivity contribution < 1.29 is 4.79 Å². The van der Waals surface area contributed by atoms with Crippen LogP contribution in [0.3, 0.4) is 0 Å². The lowest BCUT2D eigenvalue weighted by molar-refractivity contribution is 0.112. The molecule has 94 valence electrons. The largest absolute Gasteiger partial charge is 0.365 e. The first kappa shape index (κ1) is 11.2. The van der Waals surface area contributed by atoms with Crippen LogP contribution in [0.25, 0.3) is 11.0 Å². The Balaban J connectivity index is 1.94. The number of fused-ring (bicyclic) bond motifs is 1. The highest BCUT2D eigenvalue weighted by Gasteiger charge is 2.16. The van der Waals surface area contributed by atoms with E-state index in [1.54, 1.807) is 6.20 Å². The molecule has 1 fully saturated rings. The van der Waals surface area contributed by atoms with Crippen LogP contribution in [-0.4, -0.2) is 40.4 Å². The Morgan fingerprint density at radius 1 is 1.44 bits per heavy atom. The van der Waals surface area contributed by atoms with Crippen molar-refractivity contribution in [3.63, 3.8) is 0 Å². The van der Waals surface area contributed by atoms with Crippen molar-refractivity contribution in [3.05, 3.63) is 18.1 Å². The van der Waals surface area contributed by atoms with Crippen LogP contribution in [0, 0.1) is 0 Å². The summed E-state index contributed by atoms with van der Waals surface area (Å²) in [6.07, 6.45) is 6.26. The van der Waals surface area contributed by atoms with Crippen LogP contribution in [0.2, 0.25) is 0 Å². The van der Waals surface area contributed by atoms with Crippen molar-refractivity contribution in [1.82, 2.24) is 20.3 Å². The van der Waals surface area contributed by atoms with Gasteiger partial charge in [-0.05, 0) is 19.4 Å². The van der Waals surface area contributed by atoms with Crippen LogP contribution < -0.4 is 10.6 Å². The average molecular weight is 245 g/mol. The van der Waals surface area contributed by atoms with Gasteiger partial charge in [-0.2, -0.15) is 0 Å². The number of piperidine rings is 1. The van der Waals surface area contributed by atoms with E-state index >= 15 is 0 Å². The zero-order valence-corrected chi connectivity index (χ0v) is 9.94. The maximum atomic E-state index is 11.0. The number of hydrogen-bond donors (Lipinski definition) is 3. The standard InChI is InChI=1S/C12H15N5O/c18-6-8-4-14-11-10(8)12(16-7-15-11)17-9-2-1-3-13-5-9/h4,6-7,9,13H,1-3,5H2,(H2,14,15,16,17). The molecule has 0 aromatic carbocycles. The van der Waals surface area contributed by atoms with Gasteiger partial charge in [0, 0.05) is 24.3 Å². The molecule has 3 N–H and O–H groups in total. The Labute approximate surface area is 104 Å². The molecule has 1 aliphatic rings. The van der Waals surface area contributed by atoms with Gasteiger partial charge < -0.3 is 15.6 Å². The lowest BCUT2D eigenvalue weighted by atomic mass is 10.1. The molecule has 1 atom stereocenters. The van der Waals surface area contributed by atoms with Crippen LogP contribution in [0.4, 0.5) is 5.82 Å². The predicted octanol–water partition coefficient (Wildman–Crippen LogP) is 0.934. The SMILES string of the molecule is O=Cc1c[nH]c2ncnc(NC3CCCNC3)c12. The molecule has 3 heterocycles. The molecule has 1 unspecified atom stereocenters. The molecule has 6 nitrogen and oxygen atoms in total. The van der Waals surface area contributed by atoms with Gasteiger partial charge >= 0.3 is 0 Å². The Morgan fingerprint density at radius 2 is 2.39 bits per heavy atom. The first-order valence-electron chi connectivity index (χ1n) is 6.13. The molecule has 0 radical (unpaired) electrons. The summed E-state index contributed by atoms with van der Waals surface area (Å²) in [4.78, 5) is 22.4. The third-order valence-electron chi connectivity index (χ3n) is 3.27. The van der Waals surface area contributed by atoms with Crippen LogP contribution >= 0.6 is 0 Å². The van der Waals surface area contributed by atoms with Gasteiger partial charge in [0.2, 0.25) is 0 Å². The van der Waals surface area contributed by atoms with Gasteiger partial charge in [-0.3, -0.25) is 4.79 Å². The third-order valence-corrected chi connectivity index (χ3v) is 3.27. The van der Waals surface area contributed by atoms with Gasteiger partial charge in [0.05, 0.1) is 5.39 Å². The number of aldehydes is 1. The van der Waals surface area contributed by atoms with Crippen molar-refractivity contribution in [2.24, 2.45) is 0 Å². The van der Waals surface area contributed by atoms with Crippen LogP contribution in [-0.2, 0) is 0 Å². The van der Waals surface area contributed by atoms with Gasteiger partial charge in [-0.1, -0.05) is 0 Å². The van der Waals surface area contributed by atoms with Crippen LogP contribution in [0.15, 0.2) is 12.5 Å². The normalized spacial score (nSPS) is 19.9. The van der Waals surface area contributed by atoms with Gasteiger partial charge in [-0.25, -0.2) is 9.97 Å². The van der Waals surface area contributed by atoms with Gasteiger partial charge in [0.1, 0.15) is 17.8 Å². The second-order valence-electron chi connectivity index (χ2n) is 4.50. The number of H-pyrrole nitrogens is 1. The number of nitrogens with zero attached hydrogens (tertiary/aromatic N) is 2. The average Bonchev–Trinajstić information content (AvgIpc) is 2.84. The second-order valence-corrected chi connectivity index (χ2v) is 4.50. The van der Waals surface area contributed by atoms with Gasteiger partial charge in [-0.15, -0.1) is 0 Å². The van der Waals surface area contributed by atoms with E-state index < -0.39 is 0 Å². The van der Waals surface area contributed by atoms with Crippen molar-refractivity contribution in [2.75, 3.05) is 18.4 Å². The van der Waals surface area contributed by atoms with Crippen molar-refractivity contribution in [1.29, 1.82) is 0 Å². The first-order chi connectivity index (χ1) is 8.88. The van der Waals surface area contributed by atoms with Crippen molar-refractivity contribution in [2.45, 2.75) is 18.9 Å². The van der Waals surface area contributed by atoms with Crippen molar-refractivity contribution >= 4 is 23.1 Å². The molecule has 1 saturated heterocycles. The Bertz CT molecular complexity index is 559. The number of nitrogens with one attached hydrogen (secondary N) is 3. The lowest BCUT2D eigenvalue weighted by Gasteiger charge is -2.24. The van der Waals surface area contributed by atoms with E-state index in [0.29, 0.717) is 17.3 Å². The summed E-state index contributed by atoms with van der Waals surface area (Å²) in [6.45, 7) is 1.99. The number of aromatic nitrogens is 3.